The Balaban J connectivity index is 1.30. The van der Waals surface area contributed by atoms with Crippen molar-refractivity contribution in [2.75, 3.05) is 26.2 Å². The largest absolute Gasteiger partial charge is 0.314 e. The highest BCUT2D eigenvalue weighted by Crippen LogP contribution is 2.16. The summed E-state index contributed by atoms with van der Waals surface area (Å²) in [5.41, 5.74) is 1.30. The van der Waals surface area contributed by atoms with Crippen molar-refractivity contribution in [1.82, 2.24) is 29.5 Å². The van der Waals surface area contributed by atoms with E-state index in [0.717, 1.165) is 58.1 Å². The molecule has 2 aromatic rings. The molecule has 1 fully saturated rings. The summed E-state index contributed by atoms with van der Waals surface area (Å²) >= 11 is 0. The zero-order chi connectivity index (χ0) is 14.8. The Morgan fingerprint density at radius 3 is 2.55 bits per heavy atom. The lowest BCUT2D eigenvalue weighted by Crippen LogP contribution is -2.45. The lowest BCUT2D eigenvalue weighted by molar-refractivity contribution is 0.119. The minimum absolute atomic E-state index is 0.938. The molecule has 6 heteroatoms. The van der Waals surface area contributed by atoms with Gasteiger partial charge in [-0.25, -0.2) is 0 Å². The van der Waals surface area contributed by atoms with Gasteiger partial charge in [0.05, 0.1) is 6.54 Å². The first-order chi connectivity index (χ1) is 10.9. The monoisotopic (exact) mass is 298 g/mol. The van der Waals surface area contributed by atoms with E-state index in [0.29, 0.717) is 0 Å². The minimum Gasteiger partial charge on any atom is -0.314 e. The van der Waals surface area contributed by atoms with Crippen LogP contribution in [0.15, 0.2) is 24.5 Å². The Bertz CT molecular complexity index is 615. The Morgan fingerprint density at radius 2 is 1.77 bits per heavy atom. The first-order valence-electron chi connectivity index (χ1n) is 8.13. The number of piperazine rings is 1. The maximum absolute atomic E-state index is 4.37. The third-order valence-corrected chi connectivity index (χ3v) is 4.65. The third kappa shape index (κ3) is 2.89. The van der Waals surface area contributed by atoms with Gasteiger partial charge in [0.15, 0.2) is 0 Å². The van der Waals surface area contributed by atoms with Gasteiger partial charge in [0.1, 0.15) is 11.6 Å². The van der Waals surface area contributed by atoms with Gasteiger partial charge in [-0.3, -0.25) is 14.8 Å². The summed E-state index contributed by atoms with van der Waals surface area (Å²) in [5, 5.41) is 8.67. The molecule has 4 heterocycles. The molecule has 2 aliphatic rings. The number of nitrogens with zero attached hydrogens (tertiary/aromatic N) is 6. The normalized spacial score (nSPS) is 19.5. The number of fused-ring (bicyclic) bond motifs is 1. The molecule has 6 nitrogen and oxygen atoms in total. The summed E-state index contributed by atoms with van der Waals surface area (Å²) in [6.07, 6.45) is 6.10. The van der Waals surface area contributed by atoms with E-state index in [1.807, 2.05) is 18.5 Å². The van der Waals surface area contributed by atoms with Crippen LogP contribution in [0.25, 0.3) is 0 Å². The number of hydrogen-bond acceptors (Lipinski definition) is 5. The van der Waals surface area contributed by atoms with Crippen LogP contribution in [-0.4, -0.2) is 55.7 Å². The molecule has 0 N–H and O–H groups in total. The SMILES string of the molecule is c1cncc(CN2CCN(Cc3nnc4n3CCC4)CC2)c1. The molecule has 0 bridgehead atoms. The van der Waals surface area contributed by atoms with Crippen molar-refractivity contribution in [1.29, 1.82) is 0 Å². The van der Waals surface area contributed by atoms with Gasteiger partial charge < -0.3 is 4.57 Å². The Kier molecular flexibility index (Phi) is 3.86. The minimum atomic E-state index is 0.938. The van der Waals surface area contributed by atoms with E-state index in [1.54, 1.807) is 0 Å². The van der Waals surface area contributed by atoms with Crippen LogP contribution < -0.4 is 0 Å². The van der Waals surface area contributed by atoms with E-state index in [9.17, 15) is 0 Å². The van der Waals surface area contributed by atoms with Crippen LogP contribution in [0.3, 0.4) is 0 Å². The van der Waals surface area contributed by atoms with Crippen molar-refractivity contribution in [2.24, 2.45) is 0 Å². The van der Waals surface area contributed by atoms with Gasteiger partial charge in [0, 0.05) is 58.1 Å². The zero-order valence-corrected chi connectivity index (χ0v) is 12.9. The Morgan fingerprint density at radius 1 is 0.955 bits per heavy atom. The van der Waals surface area contributed by atoms with Gasteiger partial charge >= 0.3 is 0 Å². The second-order valence-electron chi connectivity index (χ2n) is 6.20. The maximum Gasteiger partial charge on any atom is 0.147 e. The van der Waals surface area contributed by atoms with Crippen LogP contribution >= 0.6 is 0 Å². The summed E-state index contributed by atoms with van der Waals surface area (Å²) < 4.78 is 2.31. The molecule has 22 heavy (non-hydrogen) atoms. The summed E-state index contributed by atoms with van der Waals surface area (Å²) in [4.78, 5) is 9.19. The fourth-order valence-electron chi connectivity index (χ4n) is 3.38. The van der Waals surface area contributed by atoms with E-state index in [-0.39, 0.29) is 0 Å². The van der Waals surface area contributed by atoms with Crippen LogP contribution in [0, 0.1) is 0 Å². The van der Waals surface area contributed by atoms with Crippen molar-refractivity contribution in [3.63, 3.8) is 0 Å². The molecule has 0 amide bonds. The first kappa shape index (κ1) is 13.8. The molecular weight excluding hydrogens is 276 g/mol. The highest BCUT2D eigenvalue weighted by Gasteiger charge is 2.22. The average Bonchev–Trinajstić information content (AvgIpc) is 3.15. The number of rotatable bonds is 4. The molecule has 0 atom stereocenters. The molecule has 0 unspecified atom stereocenters. The molecule has 1 saturated heterocycles. The van der Waals surface area contributed by atoms with Gasteiger partial charge in [-0.05, 0) is 18.1 Å². The molecule has 2 aliphatic heterocycles. The molecule has 0 radical (unpaired) electrons. The quantitative estimate of drug-likeness (QED) is 0.841. The molecule has 0 aliphatic carbocycles. The van der Waals surface area contributed by atoms with Gasteiger partial charge in [-0.15, -0.1) is 10.2 Å². The number of pyridine rings is 1. The third-order valence-electron chi connectivity index (χ3n) is 4.65. The molecule has 4 rings (SSSR count). The Hall–Kier alpha value is -1.79. The highest BCUT2D eigenvalue weighted by atomic mass is 15.3. The van der Waals surface area contributed by atoms with Crippen LogP contribution in [0.2, 0.25) is 0 Å². The molecular formula is C16H22N6. The maximum atomic E-state index is 4.37. The molecule has 0 aromatic carbocycles. The lowest BCUT2D eigenvalue weighted by Gasteiger charge is -2.34. The lowest BCUT2D eigenvalue weighted by atomic mass is 10.2. The molecule has 2 aromatic heterocycles. The summed E-state index contributed by atoms with van der Waals surface area (Å²) in [6.45, 7) is 7.45. The summed E-state index contributed by atoms with van der Waals surface area (Å²) in [5.74, 6) is 2.32. The predicted molar refractivity (Wildman–Crippen MR) is 83.1 cm³/mol. The second kappa shape index (κ2) is 6.14. The van der Waals surface area contributed by atoms with Crippen molar-refractivity contribution in [2.45, 2.75) is 32.5 Å². The molecule has 0 saturated carbocycles. The van der Waals surface area contributed by atoms with Gasteiger partial charge in [0.25, 0.3) is 0 Å². The van der Waals surface area contributed by atoms with Crippen molar-refractivity contribution >= 4 is 0 Å². The predicted octanol–water partition coefficient (Wildman–Crippen LogP) is 0.937. The zero-order valence-electron chi connectivity index (χ0n) is 12.9. The standard InChI is InChI=1S/C16H22N6/c1-3-14(11-17-5-1)12-20-7-9-21(10-8-20)13-16-19-18-15-4-2-6-22(15)16/h1,3,5,11H,2,4,6-10,12-13H2. The smallest absolute Gasteiger partial charge is 0.147 e. The van der Waals surface area contributed by atoms with Crippen LogP contribution in [-0.2, 0) is 26.1 Å². The van der Waals surface area contributed by atoms with E-state index in [2.05, 4.69) is 35.6 Å². The van der Waals surface area contributed by atoms with Crippen molar-refractivity contribution in [3.8, 4) is 0 Å². The average molecular weight is 298 g/mol. The van der Waals surface area contributed by atoms with Crippen LogP contribution in [0.1, 0.15) is 23.6 Å². The molecule has 116 valence electrons. The van der Waals surface area contributed by atoms with Crippen molar-refractivity contribution < 1.29 is 0 Å². The first-order valence-corrected chi connectivity index (χ1v) is 8.13. The van der Waals surface area contributed by atoms with Crippen molar-refractivity contribution in [3.05, 3.63) is 41.7 Å². The van der Waals surface area contributed by atoms with Gasteiger partial charge in [-0.2, -0.15) is 0 Å². The number of aromatic nitrogens is 4. The highest BCUT2D eigenvalue weighted by molar-refractivity contribution is 5.08. The van der Waals surface area contributed by atoms with E-state index < -0.39 is 0 Å². The van der Waals surface area contributed by atoms with Gasteiger partial charge in [0.2, 0.25) is 0 Å². The van der Waals surface area contributed by atoms with E-state index in [4.69, 9.17) is 0 Å². The topological polar surface area (TPSA) is 50.1 Å². The number of aryl methyl sites for hydroxylation is 1. The van der Waals surface area contributed by atoms with Crippen LogP contribution in [0.5, 0.6) is 0 Å². The fraction of sp³-hybridized carbons (Fsp3) is 0.562. The summed E-state index contributed by atoms with van der Waals surface area (Å²) in [7, 11) is 0. The van der Waals surface area contributed by atoms with Crippen LogP contribution in [0.4, 0.5) is 0 Å². The second-order valence-corrected chi connectivity index (χ2v) is 6.20. The Labute approximate surface area is 130 Å². The van der Waals surface area contributed by atoms with E-state index in [1.165, 1.54) is 17.8 Å². The summed E-state index contributed by atoms with van der Waals surface area (Å²) in [6, 6.07) is 4.16. The fourth-order valence-corrected chi connectivity index (χ4v) is 3.38. The van der Waals surface area contributed by atoms with E-state index >= 15 is 0 Å². The molecule has 0 spiro atoms. The number of hydrogen-bond donors (Lipinski definition) is 0. The van der Waals surface area contributed by atoms with Gasteiger partial charge in [-0.1, -0.05) is 6.07 Å².